The van der Waals surface area contributed by atoms with Gasteiger partial charge < -0.3 is 14.6 Å². The standard InChI is InChI=1S/C22H23N3O2/c1-2-16-8-10-17(11-9-16)12-23-22(26)21-19-14-27-20(13-25(19)15-24-21)18-6-4-3-5-7-18/h3-11,15,20H,2,12-14H2,1H3,(H,23,26)/t20-/m0/s1. The van der Waals surface area contributed by atoms with Gasteiger partial charge in [-0.05, 0) is 23.1 Å². The van der Waals surface area contributed by atoms with Gasteiger partial charge in [0.1, 0.15) is 6.10 Å². The molecule has 0 fully saturated rings. The van der Waals surface area contributed by atoms with Gasteiger partial charge in [-0.25, -0.2) is 4.98 Å². The summed E-state index contributed by atoms with van der Waals surface area (Å²) in [7, 11) is 0. The van der Waals surface area contributed by atoms with Crippen LogP contribution >= 0.6 is 0 Å². The number of hydrogen-bond donors (Lipinski definition) is 1. The first-order chi connectivity index (χ1) is 13.2. The number of imidazole rings is 1. The zero-order chi connectivity index (χ0) is 18.6. The van der Waals surface area contributed by atoms with Crippen molar-refractivity contribution in [3.8, 4) is 0 Å². The number of hydrogen-bond acceptors (Lipinski definition) is 3. The Bertz CT molecular complexity index is 916. The number of carbonyl (C=O) groups is 1. The maximum Gasteiger partial charge on any atom is 0.272 e. The molecule has 1 amide bonds. The van der Waals surface area contributed by atoms with E-state index in [0.29, 0.717) is 25.4 Å². The zero-order valence-electron chi connectivity index (χ0n) is 15.4. The lowest BCUT2D eigenvalue weighted by Crippen LogP contribution is -2.27. The van der Waals surface area contributed by atoms with Gasteiger partial charge in [-0.2, -0.15) is 0 Å². The average molecular weight is 361 g/mol. The van der Waals surface area contributed by atoms with Crippen LogP contribution in [0.25, 0.3) is 0 Å². The summed E-state index contributed by atoms with van der Waals surface area (Å²) in [4.78, 5) is 16.9. The fourth-order valence-electron chi connectivity index (χ4n) is 3.35. The third-order valence-corrected chi connectivity index (χ3v) is 5.00. The summed E-state index contributed by atoms with van der Waals surface area (Å²) in [5.41, 5.74) is 4.79. The number of carbonyl (C=O) groups excluding carboxylic acids is 1. The second kappa shape index (κ2) is 7.76. The number of amides is 1. The van der Waals surface area contributed by atoms with Crippen molar-refractivity contribution in [3.63, 3.8) is 0 Å². The summed E-state index contributed by atoms with van der Waals surface area (Å²) in [5.74, 6) is -0.162. The Labute approximate surface area is 159 Å². The van der Waals surface area contributed by atoms with Gasteiger partial charge in [0, 0.05) is 6.54 Å². The molecule has 2 heterocycles. The van der Waals surface area contributed by atoms with Crippen molar-refractivity contribution < 1.29 is 9.53 Å². The minimum Gasteiger partial charge on any atom is -0.365 e. The minimum atomic E-state index is -0.162. The Morgan fingerprint density at radius 3 is 2.63 bits per heavy atom. The molecule has 1 aliphatic rings. The second-order valence-corrected chi connectivity index (χ2v) is 6.76. The Hall–Kier alpha value is -2.92. The van der Waals surface area contributed by atoms with Crippen molar-refractivity contribution in [1.29, 1.82) is 0 Å². The summed E-state index contributed by atoms with van der Waals surface area (Å²) in [6.07, 6.45) is 2.73. The van der Waals surface area contributed by atoms with Crippen LogP contribution in [-0.4, -0.2) is 15.5 Å². The third kappa shape index (κ3) is 3.78. The number of nitrogens with zero attached hydrogens (tertiary/aromatic N) is 2. The van der Waals surface area contributed by atoms with E-state index in [4.69, 9.17) is 4.74 Å². The van der Waals surface area contributed by atoms with Crippen LogP contribution in [0.5, 0.6) is 0 Å². The molecule has 0 aliphatic carbocycles. The largest absolute Gasteiger partial charge is 0.365 e. The molecule has 0 bridgehead atoms. The molecule has 4 rings (SSSR count). The summed E-state index contributed by atoms with van der Waals surface area (Å²) in [5, 5.41) is 2.96. The molecule has 0 unspecified atom stereocenters. The van der Waals surface area contributed by atoms with Crippen LogP contribution in [0.3, 0.4) is 0 Å². The lowest BCUT2D eigenvalue weighted by molar-refractivity contribution is 0.00257. The fourth-order valence-corrected chi connectivity index (χ4v) is 3.35. The highest BCUT2D eigenvalue weighted by molar-refractivity contribution is 5.93. The Morgan fingerprint density at radius 2 is 1.89 bits per heavy atom. The van der Waals surface area contributed by atoms with Gasteiger partial charge in [0.15, 0.2) is 5.69 Å². The van der Waals surface area contributed by atoms with Crippen LogP contribution in [0.15, 0.2) is 60.9 Å². The lowest BCUT2D eigenvalue weighted by Gasteiger charge is -2.25. The van der Waals surface area contributed by atoms with Crippen LogP contribution in [0.4, 0.5) is 0 Å². The van der Waals surface area contributed by atoms with Crippen molar-refractivity contribution in [3.05, 3.63) is 89.0 Å². The topological polar surface area (TPSA) is 56.2 Å². The van der Waals surface area contributed by atoms with E-state index in [1.54, 1.807) is 6.33 Å². The predicted octanol–water partition coefficient (Wildman–Crippen LogP) is 3.65. The highest BCUT2D eigenvalue weighted by atomic mass is 16.5. The van der Waals surface area contributed by atoms with E-state index in [2.05, 4.69) is 53.6 Å². The SMILES string of the molecule is CCc1ccc(CNC(=O)c2ncn3c2CO[C@H](c2ccccc2)C3)cc1. The van der Waals surface area contributed by atoms with Crippen molar-refractivity contribution in [1.82, 2.24) is 14.9 Å². The van der Waals surface area contributed by atoms with E-state index < -0.39 is 0 Å². The molecule has 1 aromatic heterocycles. The van der Waals surface area contributed by atoms with E-state index in [1.807, 2.05) is 22.8 Å². The predicted molar refractivity (Wildman–Crippen MR) is 103 cm³/mol. The average Bonchev–Trinajstić information content (AvgIpc) is 3.16. The molecule has 0 spiro atoms. The van der Waals surface area contributed by atoms with Crippen LogP contribution in [0, 0.1) is 0 Å². The van der Waals surface area contributed by atoms with Gasteiger partial charge in [0.05, 0.1) is 25.2 Å². The van der Waals surface area contributed by atoms with Gasteiger partial charge in [-0.15, -0.1) is 0 Å². The van der Waals surface area contributed by atoms with E-state index in [0.717, 1.165) is 23.2 Å². The third-order valence-electron chi connectivity index (χ3n) is 5.00. The molecule has 0 saturated carbocycles. The fraction of sp³-hybridized carbons (Fsp3) is 0.273. The van der Waals surface area contributed by atoms with Crippen LogP contribution in [-0.2, 0) is 30.9 Å². The number of nitrogens with one attached hydrogen (secondary N) is 1. The van der Waals surface area contributed by atoms with E-state index in [-0.39, 0.29) is 12.0 Å². The number of fused-ring (bicyclic) bond motifs is 1. The first-order valence-corrected chi connectivity index (χ1v) is 9.31. The molecule has 27 heavy (non-hydrogen) atoms. The first kappa shape index (κ1) is 17.5. The zero-order valence-corrected chi connectivity index (χ0v) is 15.4. The number of aryl methyl sites for hydroxylation is 1. The summed E-state index contributed by atoms with van der Waals surface area (Å²) in [6, 6.07) is 18.4. The molecule has 1 atom stereocenters. The summed E-state index contributed by atoms with van der Waals surface area (Å²) in [6.45, 7) is 3.66. The maximum absolute atomic E-state index is 12.6. The second-order valence-electron chi connectivity index (χ2n) is 6.76. The molecular formula is C22H23N3O2. The van der Waals surface area contributed by atoms with Gasteiger partial charge >= 0.3 is 0 Å². The molecule has 1 N–H and O–H groups in total. The molecule has 0 radical (unpaired) electrons. The number of ether oxygens (including phenoxy) is 1. The molecule has 138 valence electrons. The van der Waals surface area contributed by atoms with Gasteiger partial charge in [-0.3, -0.25) is 4.79 Å². The monoisotopic (exact) mass is 361 g/mol. The minimum absolute atomic E-state index is 0.0131. The number of rotatable bonds is 5. The van der Waals surface area contributed by atoms with Crippen molar-refractivity contribution >= 4 is 5.91 Å². The normalized spacial score (nSPS) is 16.0. The molecule has 5 heteroatoms. The van der Waals surface area contributed by atoms with Gasteiger partial charge in [-0.1, -0.05) is 61.5 Å². The van der Waals surface area contributed by atoms with Gasteiger partial charge in [0.2, 0.25) is 0 Å². The molecule has 0 saturated heterocycles. The van der Waals surface area contributed by atoms with Crippen LogP contribution in [0.1, 0.15) is 45.9 Å². The smallest absolute Gasteiger partial charge is 0.272 e. The van der Waals surface area contributed by atoms with E-state index in [1.165, 1.54) is 5.56 Å². The first-order valence-electron chi connectivity index (χ1n) is 9.31. The molecule has 2 aromatic carbocycles. The lowest BCUT2D eigenvalue weighted by atomic mass is 10.1. The molecule has 3 aromatic rings. The molecule has 5 nitrogen and oxygen atoms in total. The van der Waals surface area contributed by atoms with Gasteiger partial charge in [0.25, 0.3) is 5.91 Å². The number of benzene rings is 2. The summed E-state index contributed by atoms with van der Waals surface area (Å²) < 4.78 is 8.01. The summed E-state index contributed by atoms with van der Waals surface area (Å²) >= 11 is 0. The highest BCUT2D eigenvalue weighted by Gasteiger charge is 2.26. The molecule has 1 aliphatic heterocycles. The van der Waals surface area contributed by atoms with Crippen molar-refractivity contribution in [2.24, 2.45) is 0 Å². The highest BCUT2D eigenvalue weighted by Crippen LogP contribution is 2.27. The van der Waals surface area contributed by atoms with Crippen molar-refractivity contribution in [2.75, 3.05) is 0 Å². The molecular weight excluding hydrogens is 338 g/mol. The quantitative estimate of drug-likeness (QED) is 0.755. The van der Waals surface area contributed by atoms with Crippen LogP contribution < -0.4 is 5.32 Å². The van der Waals surface area contributed by atoms with Crippen LogP contribution in [0.2, 0.25) is 0 Å². The van der Waals surface area contributed by atoms with Crippen molar-refractivity contribution in [2.45, 2.75) is 39.1 Å². The maximum atomic E-state index is 12.6. The Balaban J connectivity index is 1.42. The Morgan fingerprint density at radius 1 is 1.15 bits per heavy atom. The van der Waals surface area contributed by atoms with E-state index >= 15 is 0 Å². The van der Waals surface area contributed by atoms with E-state index in [9.17, 15) is 4.79 Å². The Kier molecular flexibility index (Phi) is 5.03. The number of aromatic nitrogens is 2.